The molecule has 86 valence electrons. The van der Waals surface area contributed by atoms with Crippen LogP contribution in [0, 0.1) is 6.92 Å². The van der Waals surface area contributed by atoms with Gasteiger partial charge in [-0.3, -0.25) is 0 Å². The van der Waals surface area contributed by atoms with Crippen molar-refractivity contribution in [2.75, 3.05) is 0 Å². The third-order valence-electron chi connectivity index (χ3n) is 3.40. The normalized spacial score (nSPS) is 11.8. The van der Waals surface area contributed by atoms with Crippen LogP contribution in [0.5, 0.6) is 0 Å². The predicted molar refractivity (Wildman–Crippen MR) is 72.5 cm³/mol. The first-order chi connectivity index (χ1) is 8.16. The SMILES string of the molecule is Cc1cccc2oc3cc(C(C)C)ccc3c12. The Kier molecular flexibility index (Phi) is 2.22. The van der Waals surface area contributed by atoms with Crippen LogP contribution in [0.1, 0.15) is 30.9 Å². The molecule has 0 atom stereocenters. The monoisotopic (exact) mass is 224 g/mol. The summed E-state index contributed by atoms with van der Waals surface area (Å²) >= 11 is 0. The van der Waals surface area contributed by atoms with E-state index in [1.54, 1.807) is 0 Å². The van der Waals surface area contributed by atoms with Crippen LogP contribution >= 0.6 is 0 Å². The second kappa shape index (κ2) is 3.63. The minimum absolute atomic E-state index is 0.536. The zero-order valence-electron chi connectivity index (χ0n) is 10.4. The Balaban J connectivity index is 2.40. The highest BCUT2D eigenvalue weighted by atomic mass is 16.3. The molecule has 0 radical (unpaired) electrons. The fraction of sp³-hybridized carbons (Fsp3) is 0.250. The number of hydrogen-bond acceptors (Lipinski definition) is 1. The minimum Gasteiger partial charge on any atom is -0.456 e. The first-order valence-electron chi connectivity index (χ1n) is 6.08. The van der Waals surface area contributed by atoms with E-state index in [9.17, 15) is 0 Å². The van der Waals surface area contributed by atoms with Crippen molar-refractivity contribution < 1.29 is 4.42 Å². The molecule has 0 aliphatic rings. The molecule has 0 spiro atoms. The molecule has 1 aromatic heterocycles. The van der Waals surface area contributed by atoms with E-state index in [2.05, 4.69) is 45.0 Å². The van der Waals surface area contributed by atoms with E-state index >= 15 is 0 Å². The molecule has 3 rings (SSSR count). The van der Waals surface area contributed by atoms with E-state index in [0.29, 0.717) is 5.92 Å². The van der Waals surface area contributed by atoms with Gasteiger partial charge in [0.05, 0.1) is 0 Å². The lowest BCUT2D eigenvalue weighted by Crippen LogP contribution is -1.85. The van der Waals surface area contributed by atoms with Crippen molar-refractivity contribution in [3.8, 4) is 0 Å². The summed E-state index contributed by atoms with van der Waals surface area (Å²) in [4.78, 5) is 0. The van der Waals surface area contributed by atoms with E-state index in [4.69, 9.17) is 4.42 Å². The maximum absolute atomic E-state index is 5.92. The zero-order chi connectivity index (χ0) is 12.0. The van der Waals surface area contributed by atoms with Gasteiger partial charge in [0.25, 0.3) is 0 Å². The summed E-state index contributed by atoms with van der Waals surface area (Å²) in [6.07, 6.45) is 0. The van der Waals surface area contributed by atoms with Gasteiger partial charge in [0.15, 0.2) is 0 Å². The first-order valence-corrected chi connectivity index (χ1v) is 6.08. The molecular formula is C16H16O. The molecule has 0 N–H and O–H groups in total. The lowest BCUT2D eigenvalue weighted by Gasteiger charge is -2.03. The van der Waals surface area contributed by atoms with Crippen molar-refractivity contribution in [1.29, 1.82) is 0 Å². The Morgan fingerprint density at radius 3 is 2.59 bits per heavy atom. The number of hydrogen-bond donors (Lipinski definition) is 0. The van der Waals surface area contributed by atoms with Gasteiger partial charge in [0.2, 0.25) is 0 Å². The fourth-order valence-electron chi connectivity index (χ4n) is 2.38. The molecule has 1 nitrogen and oxygen atoms in total. The van der Waals surface area contributed by atoms with E-state index < -0.39 is 0 Å². The van der Waals surface area contributed by atoms with Crippen LogP contribution in [-0.2, 0) is 0 Å². The number of furan rings is 1. The van der Waals surface area contributed by atoms with Crippen molar-refractivity contribution in [1.82, 2.24) is 0 Å². The van der Waals surface area contributed by atoms with Gasteiger partial charge in [0, 0.05) is 10.8 Å². The average molecular weight is 224 g/mol. The van der Waals surface area contributed by atoms with Crippen LogP contribution in [0.2, 0.25) is 0 Å². The molecular weight excluding hydrogens is 208 g/mol. The average Bonchev–Trinajstić information content (AvgIpc) is 2.67. The van der Waals surface area contributed by atoms with E-state index in [1.165, 1.54) is 21.9 Å². The topological polar surface area (TPSA) is 13.1 Å². The maximum atomic E-state index is 5.92. The van der Waals surface area contributed by atoms with Crippen molar-refractivity contribution in [2.45, 2.75) is 26.7 Å². The van der Waals surface area contributed by atoms with Gasteiger partial charge in [-0.1, -0.05) is 38.1 Å². The summed E-state index contributed by atoms with van der Waals surface area (Å²) < 4.78 is 5.92. The Bertz CT molecular complexity index is 689. The smallest absolute Gasteiger partial charge is 0.135 e. The molecule has 2 aromatic carbocycles. The number of benzene rings is 2. The Morgan fingerprint density at radius 2 is 1.82 bits per heavy atom. The van der Waals surface area contributed by atoms with Crippen molar-refractivity contribution in [2.24, 2.45) is 0 Å². The second-order valence-corrected chi connectivity index (χ2v) is 4.96. The van der Waals surface area contributed by atoms with Gasteiger partial charge in [-0.25, -0.2) is 0 Å². The van der Waals surface area contributed by atoms with E-state index in [0.717, 1.165) is 11.2 Å². The molecule has 1 heterocycles. The molecule has 0 saturated heterocycles. The van der Waals surface area contributed by atoms with Gasteiger partial charge in [-0.2, -0.15) is 0 Å². The van der Waals surface area contributed by atoms with Crippen LogP contribution < -0.4 is 0 Å². The minimum atomic E-state index is 0.536. The number of fused-ring (bicyclic) bond motifs is 3. The van der Waals surface area contributed by atoms with Crippen LogP contribution in [0.4, 0.5) is 0 Å². The number of aryl methyl sites for hydroxylation is 1. The van der Waals surface area contributed by atoms with E-state index in [1.807, 2.05) is 12.1 Å². The van der Waals surface area contributed by atoms with Gasteiger partial charge in [0.1, 0.15) is 11.2 Å². The predicted octanol–water partition coefficient (Wildman–Crippen LogP) is 5.02. The first kappa shape index (κ1) is 10.4. The summed E-state index contributed by atoms with van der Waals surface area (Å²) in [5.41, 5.74) is 4.59. The largest absolute Gasteiger partial charge is 0.456 e. The molecule has 0 saturated carbocycles. The quantitative estimate of drug-likeness (QED) is 0.565. The highest BCUT2D eigenvalue weighted by Gasteiger charge is 2.10. The van der Waals surface area contributed by atoms with Gasteiger partial charge >= 0.3 is 0 Å². The summed E-state index contributed by atoms with van der Waals surface area (Å²) in [6, 6.07) is 12.8. The lowest BCUT2D eigenvalue weighted by molar-refractivity contribution is 0.667. The fourth-order valence-corrected chi connectivity index (χ4v) is 2.38. The molecule has 0 amide bonds. The third-order valence-corrected chi connectivity index (χ3v) is 3.40. The summed E-state index contributed by atoms with van der Waals surface area (Å²) in [5.74, 6) is 0.536. The highest BCUT2D eigenvalue weighted by molar-refractivity contribution is 6.06. The zero-order valence-corrected chi connectivity index (χ0v) is 10.4. The maximum Gasteiger partial charge on any atom is 0.135 e. The molecule has 1 heteroatoms. The van der Waals surface area contributed by atoms with Crippen LogP contribution in [0.25, 0.3) is 21.9 Å². The molecule has 17 heavy (non-hydrogen) atoms. The second-order valence-electron chi connectivity index (χ2n) is 4.96. The third kappa shape index (κ3) is 1.54. The molecule has 0 aliphatic carbocycles. The molecule has 0 bridgehead atoms. The molecule has 0 unspecified atom stereocenters. The van der Waals surface area contributed by atoms with Crippen molar-refractivity contribution in [3.63, 3.8) is 0 Å². The summed E-state index contributed by atoms with van der Waals surface area (Å²) in [7, 11) is 0. The van der Waals surface area contributed by atoms with Crippen LogP contribution in [0.3, 0.4) is 0 Å². The Morgan fingerprint density at radius 1 is 1.00 bits per heavy atom. The summed E-state index contributed by atoms with van der Waals surface area (Å²) in [5, 5.41) is 2.47. The van der Waals surface area contributed by atoms with Crippen molar-refractivity contribution >= 4 is 21.9 Å². The van der Waals surface area contributed by atoms with E-state index in [-0.39, 0.29) is 0 Å². The van der Waals surface area contributed by atoms with Crippen LogP contribution in [0.15, 0.2) is 40.8 Å². The van der Waals surface area contributed by atoms with Crippen LogP contribution in [-0.4, -0.2) is 0 Å². The number of rotatable bonds is 1. The molecule has 0 aliphatic heterocycles. The van der Waals surface area contributed by atoms with Gasteiger partial charge in [-0.15, -0.1) is 0 Å². The lowest BCUT2D eigenvalue weighted by atomic mass is 10.0. The Hall–Kier alpha value is -1.76. The Labute approximate surface area is 101 Å². The van der Waals surface area contributed by atoms with Crippen molar-refractivity contribution in [3.05, 3.63) is 47.5 Å². The summed E-state index contributed by atoms with van der Waals surface area (Å²) in [6.45, 7) is 6.54. The molecule has 3 aromatic rings. The standard InChI is InChI=1S/C16H16O/c1-10(2)12-7-8-13-15(9-12)17-14-6-4-5-11(3)16(13)14/h4-10H,1-3H3. The highest BCUT2D eigenvalue weighted by Crippen LogP contribution is 2.32. The van der Waals surface area contributed by atoms with Gasteiger partial charge in [-0.05, 0) is 36.1 Å². The molecule has 0 fully saturated rings. The van der Waals surface area contributed by atoms with Gasteiger partial charge < -0.3 is 4.42 Å².